The molecule has 1 saturated heterocycles. The molecule has 1 aromatic heterocycles. The van der Waals surface area contributed by atoms with Crippen molar-refractivity contribution in [2.24, 2.45) is 17.9 Å². The average molecular weight is 333 g/mol. The lowest BCUT2D eigenvalue weighted by Gasteiger charge is -2.38. The molecule has 0 bridgehead atoms. The zero-order chi connectivity index (χ0) is 15.7. The highest BCUT2D eigenvalue weighted by Gasteiger charge is 2.41. The standard InChI is InChI=1S/C11H19N5O3S2/c1-15-8-9(7-13-15)21(18,19)16-5-3-11(20-2,4-6-16)10(12)14-17/h7-8,17H,3-6H2,1-2H3,(H2,12,14). The van der Waals surface area contributed by atoms with Crippen molar-refractivity contribution in [3.8, 4) is 0 Å². The second-order valence-corrected chi connectivity index (χ2v) is 8.07. The molecule has 0 aromatic carbocycles. The average Bonchev–Trinajstić information content (AvgIpc) is 2.93. The molecule has 0 atom stereocenters. The molecule has 118 valence electrons. The Kier molecular flexibility index (Phi) is 4.49. The minimum atomic E-state index is -3.53. The first-order chi connectivity index (χ1) is 9.85. The zero-order valence-corrected chi connectivity index (χ0v) is 13.6. The van der Waals surface area contributed by atoms with E-state index >= 15 is 0 Å². The van der Waals surface area contributed by atoms with Gasteiger partial charge >= 0.3 is 0 Å². The van der Waals surface area contributed by atoms with Crippen molar-refractivity contribution in [2.75, 3.05) is 19.3 Å². The molecule has 0 saturated carbocycles. The number of nitrogens with zero attached hydrogens (tertiary/aromatic N) is 4. The van der Waals surface area contributed by atoms with Crippen LogP contribution in [0.4, 0.5) is 0 Å². The Balaban J connectivity index is 2.17. The fourth-order valence-electron chi connectivity index (χ4n) is 2.42. The van der Waals surface area contributed by atoms with Gasteiger partial charge in [0.1, 0.15) is 4.90 Å². The maximum atomic E-state index is 12.5. The van der Waals surface area contributed by atoms with Crippen molar-refractivity contribution in [2.45, 2.75) is 22.5 Å². The number of hydrogen-bond donors (Lipinski definition) is 2. The van der Waals surface area contributed by atoms with Crippen LogP contribution >= 0.6 is 11.8 Å². The summed E-state index contributed by atoms with van der Waals surface area (Å²) in [5.41, 5.74) is 5.76. The van der Waals surface area contributed by atoms with E-state index in [-0.39, 0.29) is 10.7 Å². The molecule has 2 heterocycles. The summed E-state index contributed by atoms with van der Waals surface area (Å²) < 4.78 is 27.4. The molecule has 1 aliphatic rings. The number of hydrogen-bond acceptors (Lipinski definition) is 6. The van der Waals surface area contributed by atoms with Gasteiger partial charge in [-0.3, -0.25) is 4.68 Å². The zero-order valence-electron chi connectivity index (χ0n) is 11.9. The van der Waals surface area contributed by atoms with E-state index < -0.39 is 14.8 Å². The van der Waals surface area contributed by atoms with Crippen LogP contribution in [0.3, 0.4) is 0 Å². The molecule has 1 fully saturated rings. The van der Waals surface area contributed by atoms with E-state index in [0.717, 1.165) is 0 Å². The van der Waals surface area contributed by atoms with Crippen molar-refractivity contribution in [1.82, 2.24) is 14.1 Å². The Labute approximate surface area is 128 Å². The van der Waals surface area contributed by atoms with E-state index in [9.17, 15) is 8.42 Å². The molecule has 0 spiro atoms. The first-order valence-electron chi connectivity index (χ1n) is 6.38. The third kappa shape index (κ3) is 2.87. The van der Waals surface area contributed by atoms with Gasteiger partial charge in [-0.15, -0.1) is 0 Å². The van der Waals surface area contributed by atoms with Gasteiger partial charge in [0.05, 0.1) is 10.9 Å². The van der Waals surface area contributed by atoms with Gasteiger partial charge in [-0.25, -0.2) is 8.42 Å². The van der Waals surface area contributed by atoms with Crippen molar-refractivity contribution in [3.63, 3.8) is 0 Å². The molecular formula is C11H19N5O3S2. The number of piperidine rings is 1. The van der Waals surface area contributed by atoms with Gasteiger partial charge in [0.15, 0.2) is 5.84 Å². The van der Waals surface area contributed by atoms with Crippen LogP contribution in [0.5, 0.6) is 0 Å². The Bertz CT molecular complexity index is 632. The Morgan fingerprint density at radius 1 is 1.52 bits per heavy atom. The lowest BCUT2D eigenvalue weighted by Crippen LogP contribution is -2.51. The molecular weight excluding hydrogens is 314 g/mol. The Morgan fingerprint density at radius 3 is 2.57 bits per heavy atom. The van der Waals surface area contributed by atoms with Gasteiger partial charge in [0, 0.05) is 26.3 Å². The molecule has 3 N–H and O–H groups in total. The number of sulfonamides is 1. The summed E-state index contributed by atoms with van der Waals surface area (Å²) in [6.45, 7) is 0.655. The van der Waals surface area contributed by atoms with E-state index in [4.69, 9.17) is 10.9 Å². The Morgan fingerprint density at radius 2 is 2.14 bits per heavy atom. The number of aromatic nitrogens is 2. The molecule has 8 nitrogen and oxygen atoms in total. The molecule has 10 heteroatoms. The third-order valence-corrected chi connectivity index (χ3v) is 7.06. The lowest BCUT2D eigenvalue weighted by atomic mass is 9.96. The molecule has 2 rings (SSSR count). The van der Waals surface area contributed by atoms with Crippen molar-refractivity contribution in [1.29, 1.82) is 0 Å². The smallest absolute Gasteiger partial charge is 0.246 e. The second kappa shape index (κ2) is 5.85. The van der Waals surface area contributed by atoms with Gasteiger partial charge in [0.2, 0.25) is 10.0 Å². The summed E-state index contributed by atoms with van der Waals surface area (Å²) in [4.78, 5) is 0.186. The molecule has 0 radical (unpaired) electrons. The highest BCUT2D eigenvalue weighted by molar-refractivity contribution is 8.00. The van der Waals surface area contributed by atoms with Gasteiger partial charge in [0.25, 0.3) is 0 Å². The van der Waals surface area contributed by atoms with Crippen LogP contribution in [0.2, 0.25) is 0 Å². The van der Waals surface area contributed by atoms with Crippen LogP contribution in [0.15, 0.2) is 22.4 Å². The van der Waals surface area contributed by atoms with E-state index in [1.54, 1.807) is 7.05 Å². The SMILES string of the molecule is CSC1(C(N)=NO)CCN(S(=O)(=O)c2cnn(C)c2)CC1. The van der Waals surface area contributed by atoms with Crippen LogP contribution < -0.4 is 5.73 Å². The van der Waals surface area contributed by atoms with Crippen LogP contribution in [0, 0.1) is 0 Å². The molecule has 0 unspecified atom stereocenters. The summed E-state index contributed by atoms with van der Waals surface area (Å²) in [6, 6.07) is 0. The number of rotatable bonds is 4. The summed E-state index contributed by atoms with van der Waals surface area (Å²) in [5, 5.41) is 15.9. The normalized spacial score (nSPS) is 20.6. The maximum absolute atomic E-state index is 12.5. The summed E-state index contributed by atoms with van der Waals surface area (Å²) in [6.07, 6.45) is 5.71. The predicted octanol–water partition coefficient (Wildman–Crippen LogP) is 0.0528. The molecule has 0 aliphatic carbocycles. The highest BCUT2D eigenvalue weighted by Crippen LogP contribution is 2.36. The molecule has 0 amide bonds. The first-order valence-corrected chi connectivity index (χ1v) is 9.04. The number of thioether (sulfide) groups is 1. The number of amidine groups is 1. The fourth-order valence-corrected chi connectivity index (χ4v) is 4.69. The van der Waals surface area contributed by atoms with E-state index in [1.165, 1.54) is 33.1 Å². The summed E-state index contributed by atoms with van der Waals surface area (Å²) in [5.74, 6) is 0.147. The minimum Gasteiger partial charge on any atom is -0.409 e. The number of aryl methyl sites for hydroxylation is 1. The van der Waals surface area contributed by atoms with E-state index in [0.29, 0.717) is 25.9 Å². The third-order valence-electron chi connectivity index (χ3n) is 3.81. The largest absolute Gasteiger partial charge is 0.409 e. The van der Waals surface area contributed by atoms with Gasteiger partial charge in [-0.05, 0) is 19.1 Å². The van der Waals surface area contributed by atoms with Crippen LogP contribution in [-0.4, -0.2) is 57.6 Å². The lowest BCUT2D eigenvalue weighted by molar-refractivity contribution is 0.300. The van der Waals surface area contributed by atoms with Crippen molar-refractivity contribution < 1.29 is 13.6 Å². The van der Waals surface area contributed by atoms with Gasteiger partial charge < -0.3 is 10.9 Å². The maximum Gasteiger partial charge on any atom is 0.246 e. The summed E-state index contributed by atoms with van der Waals surface area (Å²) >= 11 is 1.48. The van der Waals surface area contributed by atoms with E-state index in [1.807, 2.05) is 6.26 Å². The van der Waals surface area contributed by atoms with Crippen molar-refractivity contribution >= 4 is 27.6 Å². The Hall–Kier alpha value is -1.26. The quantitative estimate of drug-likeness (QED) is 0.348. The predicted molar refractivity (Wildman–Crippen MR) is 80.9 cm³/mol. The van der Waals surface area contributed by atoms with Crippen LogP contribution in [0.25, 0.3) is 0 Å². The summed E-state index contributed by atoms with van der Waals surface area (Å²) in [7, 11) is -1.86. The molecule has 1 aliphatic heterocycles. The number of nitrogens with two attached hydrogens (primary N) is 1. The molecule has 1 aromatic rings. The topological polar surface area (TPSA) is 114 Å². The highest BCUT2D eigenvalue weighted by atomic mass is 32.2. The van der Waals surface area contributed by atoms with Crippen LogP contribution in [-0.2, 0) is 17.1 Å². The van der Waals surface area contributed by atoms with Crippen molar-refractivity contribution in [3.05, 3.63) is 12.4 Å². The molecule has 21 heavy (non-hydrogen) atoms. The van der Waals surface area contributed by atoms with Gasteiger partial charge in [-0.2, -0.15) is 21.2 Å². The number of oxime groups is 1. The second-order valence-electron chi connectivity index (χ2n) is 4.94. The first kappa shape index (κ1) is 16.1. The monoisotopic (exact) mass is 333 g/mol. The fraction of sp³-hybridized carbons (Fsp3) is 0.636. The van der Waals surface area contributed by atoms with Gasteiger partial charge in [-0.1, -0.05) is 5.16 Å². The van der Waals surface area contributed by atoms with Crippen LogP contribution in [0.1, 0.15) is 12.8 Å². The van der Waals surface area contributed by atoms with E-state index in [2.05, 4.69) is 10.3 Å². The minimum absolute atomic E-state index is 0.147.